The van der Waals surface area contributed by atoms with Gasteiger partial charge in [-0.1, -0.05) is 108 Å². The van der Waals surface area contributed by atoms with Crippen molar-refractivity contribution in [1.29, 1.82) is 0 Å². The number of ether oxygens (including phenoxy) is 4. The van der Waals surface area contributed by atoms with E-state index in [0.29, 0.717) is 66.4 Å². The van der Waals surface area contributed by atoms with Crippen molar-refractivity contribution in [3.8, 4) is 23.0 Å². The highest BCUT2D eigenvalue weighted by Crippen LogP contribution is 2.35. The second-order valence-electron chi connectivity index (χ2n) is 28.3. The fourth-order valence-electron chi connectivity index (χ4n) is 12.2. The zero-order valence-corrected chi connectivity index (χ0v) is 69.7. The molecule has 122 heavy (non-hydrogen) atoms. The fraction of sp³-hybridized carbons (Fsp3) is 0.307. The largest absolute Gasteiger partial charge is 0.494 e. The predicted molar refractivity (Wildman–Crippen MR) is 443 cm³/mol. The molecule has 1 amide bonds. The smallest absolute Gasteiger partial charge is 0.416 e. The molecule has 0 bridgehead atoms. The Kier molecular flexibility index (Phi) is 36.1. The molecule has 0 saturated heterocycles. The number of nitrogens with one attached hydrogen (secondary N) is 1. The summed E-state index contributed by atoms with van der Waals surface area (Å²) in [7, 11) is 1.89. The molecule has 4 heterocycles. The van der Waals surface area contributed by atoms with E-state index in [9.17, 15) is 72.8 Å². The van der Waals surface area contributed by atoms with Gasteiger partial charge in [-0.15, -0.1) is 22.7 Å². The number of hydrogen-bond acceptors (Lipinski definition) is 17. The van der Waals surface area contributed by atoms with E-state index in [2.05, 4.69) is 49.1 Å². The van der Waals surface area contributed by atoms with Crippen LogP contribution in [0.5, 0.6) is 23.0 Å². The maximum atomic E-state index is 13.1. The van der Waals surface area contributed by atoms with E-state index in [1.807, 2.05) is 125 Å². The van der Waals surface area contributed by atoms with Crippen molar-refractivity contribution in [1.82, 2.24) is 49.3 Å². The van der Waals surface area contributed by atoms with E-state index >= 15 is 0 Å². The minimum Gasteiger partial charge on any atom is -0.494 e. The highest BCUT2D eigenvalue weighted by molar-refractivity contribution is 7.09. The predicted octanol–water partition coefficient (Wildman–Crippen LogP) is 19.9. The fourth-order valence-corrected chi connectivity index (χ4v) is 13.8. The summed E-state index contributed by atoms with van der Waals surface area (Å²) in [6.07, 6.45) is -10.9. The number of aryl methyl sites for hydroxylation is 4. The van der Waals surface area contributed by atoms with Gasteiger partial charge in [-0.2, -0.15) is 57.8 Å². The van der Waals surface area contributed by atoms with Gasteiger partial charge in [-0.25, -0.2) is 4.98 Å². The quantitative estimate of drug-likeness (QED) is 0.0216. The van der Waals surface area contributed by atoms with Crippen LogP contribution in [0, 0.1) is 20.8 Å². The zero-order valence-electron chi connectivity index (χ0n) is 66.6. The molecule has 650 valence electrons. The lowest BCUT2D eigenvalue weighted by Crippen LogP contribution is -2.39. The minimum atomic E-state index is -4.43. The zero-order chi connectivity index (χ0) is 88.0. The Hall–Kier alpha value is -10.4. The molecule has 12 aromatic rings. The van der Waals surface area contributed by atoms with Gasteiger partial charge >= 0.3 is 24.7 Å². The Morgan fingerprint density at radius 2 is 0.828 bits per heavy atom. The molecular formula is C88H90Cl2F12N10O8S2. The highest BCUT2D eigenvalue weighted by atomic mass is 35.5. The highest BCUT2D eigenvalue weighted by Gasteiger charge is 2.34. The molecule has 4 N–H and O–H groups in total. The van der Waals surface area contributed by atoms with Gasteiger partial charge in [0.2, 0.25) is 0 Å². The number of aliphatic hydroxyl groups is 3. The average Bonchev–Trinajstić information content (AvgIpc) is 1.64. The number of aromatic nitrogens is 6. The first-order valence-corrected chi connectivity index (χ1v) is 40.6. The number of H-pyrrole nitrogens is 1. The van der Waals surface area contributed by atoms with Gasteiger partial charge in [-0.3, -0.25) is 34.6 Å². The van der Waals surface area contributed by atoms with E-state index in [4.69, 9.17) is 42.1 Å². The summed E-state index contributed by atoms with van der Waals surface area (Å²) < 4.78 is 176. The molecule has 0 aliphatic heterocycles. The number of aromatic amines is 1. The number of thiazole rings is 2. The first-order valence-electron chi connectivity index (χ1n) is 38.1. The van der Waals surface area contributed by atoms with Crippen LogP contribution in [0.25, 0.3) is 0 Å². The Labute approximate surface area is 716 Å². The monoisotopic (exact) mass is 1780 g/mol. The van der Waals surface area contributed by atoms with Crippen LogP contribution in [-0.4, -0.2) is 141 Å². The van der Waals surface area contributed by atoms with Gasteiger partial charge in [0.15, 0.2) is 0 Å². The van der Waals surface area contributed by atoms with Gasteiger partial charge in [0, 0.05) is 116 Å². The van der Waals surface area contributed by atoms with Crippen molar-refractivity contribution in [2.24, 2.45) is 7.05 Å². The Morgan fingerprint density at radius 1 is 0.459 bits per heavy atom. The topological polar surface area (TPSA) is 200 Å². The van der Waals surface area contributed by atoms with Crippen molar-refractivity contribution < 1.29 is 91.7 Å². The van der Waals surface area contributed by atoms with Crippen molar-refractivity contribution in [3.63, 3.8) is 0 Å². The van der Waals surface area contributed by atoms with Gasteiger partial charge in [0.25, 0.3) is 5.91 Å². The number of carbonyl (C=O) groups is 1. The summed E-state index contributed by atoms with van der Waals surface area (Å²) in [6, 6.07) is 48.7. The molecule has 0 saturated carbocycles. The van der Waals surface area contributed by atoms with Gasteiger partial charge in [-0.05, 0) is 170 Å². The molecule has 18 nitrogen and oxygen atoms in total. The maximum absolute atomic E-state index is 13.1. The third-order valence-corrected chi connectivity index (χ3v) is 20.9. The average molecular weight is 1780 g/mol. The minimum absolute atomic E-state index is 0.0293. The second-order valence-corrected chi connectivity index (χ2v) is 31.0. The summed E-state index contributed by atoms with van der Waals surface area (Å²) in [5.41, 5.74) is 7.94. The standard InChI is InChI=1S/C23H24F3N3O3.C22H23ClF3N3O2.C22H23F3N2OS.C21H20ClF3N2O2S/c1-15-5-3-4-6-17(15)12-29(22(31)21-11-27-28-16(21)2)13-19(30)14-32-20-9-7-18(8-10-20)23(24,25)26;1-28-11-10-27-21(28)14-29(12-16-4-2-3-5-20(16)23)13-18(30)15-31-19-8-6-17(7-9-19)22(24,25)26;1-17-5-2-3-6-18(17)14-27(15-21-13-26-16-29-21)11-4-12-28-20-9-7-19(8-10-20)22(23,24)25;22-20-4-2-1-3-15(20)10-27(12-19-9-26-14-30-19)11-17(28)13-29-18-7-5-16(6-8-18)21(23,24)25/h3-11,19,30H,12-14H2,1-2H3,(H,27,28);2-11,18,30H,12-15H2,1H3;2-3,5-10,13,16H,4,11-12,14-15H2,1H3;1-9,14,17,28H,10-13H2. The number of rotatable bonds is 35. The van der Waals surface area contributed by atoms with Crippen LogP contribution in [0.2, 0.25) is 10.0 Å². The number of aliphatic hydroxyl groups excluding tert-OH is 3. The molecule has 0 aliphatic carbocycles. The molecule has 8 aromatic carbocycles. The molecule has 3 atom stereocenters. The van der Waals surface area contributed by atoms with E-state index < -0.39 is 65.3 Å². The summed E-state index contributed by atoms with van der Waals surface area (Å²) >= 11 is 15.7. The molecule has 0 spiro atoms. The molecule has 0 fully saturated rings. The number of imidazole rings is 1. The Balaban J connectivity index is 0.000000185. The third kappa shape index (κ3) is 31.8. The van der Waals surface area contributed by atoms with Crippen molar-refractivity contribution >= 4 is 51.8 Å². The van der Waals surface area contributed by atoms with Crippen LogP contribution in [0.15, 0.2) is 236 Å². The van der Waals surface area contributed by atoms with Crippen LogP contribution in [0.4, 0.5) is 52.7 Å². The third-order valence-electron chi connectivity index (χ3n) is 18.7. The van der Waals surface area contributed by atoms with Gasteiger partial charge < -0.3 is 43.7 Å². The SMILES string of the molecule is Cc1ccccc1CN(CC(O)COc1ccc(C(F)(F)F)cc1)C(=O)c1cn[nH]c1C.Cc1ccccc1CN(CCCOc1ccc(C(F)(F)F)cc1)Cc1cncs1.Cn1ccnc1CN(Cc1ccccc1Cl)CC(O)COc1ccc(C(F)(F)F)cc1.OC(COc1ccc(C(F)(F)F)cc1)CN(Cc1cncs1)Cc1ccccc1Cl. The van der Waals surface area contributed by atoms with E-state index in [0.717, 1.165) is 108 Å². The van der Waals surface area contributed by atoms with E-state index in [1.165, 1.54) is 87.0 Å². The molecule has 34 heteroatoms. The van der Waals surface area contributed by atoms with E-state index in [-0.39, 0.29) is 62.6 Å². The van der Waals surface area contributed by atoms with Gasteiger partial charge in [0.05, 0.1) is 64.7 Å². The first-order chi connectivity index (χ1) is 58.1. The number of amides is 1. The molecule has 4 aromatic heterocycles. The van der Waals surface area contributed by atoms with Crippen molar-refractivity contribution in [2.75, 3.05) is 52.6 Å². The maximum Gasteiger partial charge on any atom is 0.416 e. The number of halogens is 14. The Morgan fingerprint density at radius 3 is 1.20 bits per heavy atom. The van der Waals surface area contributed by atoms with Crippen LogP contribution < -0.4 is 18.9 Å². The molecular weight excluding hydrogens is 1690 g/mol. The molecule has 12 rings (SSSR count). The normalized spacial score (nSPS) is 12.5. The summed E-state index contributed by atoms with van der Waals surface area (Å²) in [6.45, 7) is 11.2. The number of nitrogens with zero attached hydrogens (tertiary/aromatic N) is 9. The number of alkyl halides is 12. The van der Waals surface area contributed by atoms with Crippen molar-refractivity contribution in [2.45, 2.75) is 116 Å². The lowest BCUT2D eigenvalue weighted by atomic mass is 10.1. The van der Waals surface area contributed by atoms with Crippen LogP contribution in [0.1, 0.15) is 93.7 Å². The Bertz CT molecular complexity index is 5090. The number of hydrogen-bond donors (Lipinski definition) is 4. The van der Waals surface area contributed by atoms with Crippen molar-refractivity contribution in [3.05, 3.63) is 329 Å². The molecule has 3 unspecified atom stereocenters. The first kappa shape index (κ1) is 95.4. The van der Waals surface area contributed by atoms with Crippen LogP contribution in [0.3, 0.4) is 0 Å². The molecule has 0 aliphatic rings. The number of carbonyl (C=O) groups excluding carboxylic acids is 1. The van der Waals surface area contributed by atoms with Crippen LogP contribution >= 0.6 is 45.9 Å². The van der Waals surface area contributed by atoms with Gasteiger partial charge in [0.1, 0.15) is 67.0 Å². The lowest BCUT2D eigenvalue weighted by Gasteiger charge is -2.26. The molecule has 0 radical (unpaired) electrons. The van der Waals surface area contributed by atoms with E-state index in [1.54, 1.807) is 42.2 Å². The van der Waals surface area contributed by atoms with Crippen LogP contribution in [-0.2, 0) is 77.6 Å². The number of benzene rings is 8. The summed E-state index contributed by atoms with van der Waals surface area (Å²) in [5.74, 6) is 1.69. The summed E-state index contributed by atoms with van der Waals surface area (Å²) in [5, 5.41) is 39.3. The summed E-state index contributed by atoms with van der Waals surface area (Å²) in [4.78, 5) is 35.7. The second kappa shape index (κ2) is 46.2. The lowest BCUT2D eigenvalue weighted by molar-refractivity contribution is -0.138.